The van der Waals surface area contributed by atoms with Gasteiger partial charge in [-0.2, -0.15) is 0 Å². The number of rotatable bonds is 2. The molecule has 1 heterocycles. The van der Waals surface area contributed by atoms with Crippen molar-refractivity contribution in [2.75, 3.05) is 17.7 Å². The molecular weight excluding hydrogens is 269 g/mol. The van der Waals surface area contributed by atoms with E-state index in [2.05, 4.69) is 4.98 Å². The molecule has 3 aromatic rings. The highest BCUT2D eigenvalue weighted by Gasteiger charge is 2.18. The molecule has 0 aliphatic rings. The van der Waals surface area contributed by atoms with E-state index in [-0.39, 0.29) is 11.6 Å². The van der Waals surface area contributed by atoms with E-state index in [0.29, 0.717) is 16.9 Å². The van der Waals surface area contributed by atoms with Gasteiger partial charge in [0.05, 0.1) is 16.9 Å². The molecule has 5 heteroatoms. The summed E-state index contributed by atoms with van der Waals surface area (Å²) in [5.74, 6) is -0.764. The average molecular weight is 283 g/mol. The first kappa shape index (κ1) is 13.2. The van der Waals surface area contributed by atoms with E-state index in [9.17, 15) is 9.18 Å². The van der Waals surface area contributed by atoms with Crippen molar-refractivity contribution in [3.63, 3.8) is 0 Å². The summed E-state index contributed by atoms with van der Waals surface area (Å²) in [7, 11) is 1.54. The average Bonchev–Trinajstić information content (AvgIpc) is 2.92. The van der Waals surface area contributed by atoms with E-state index in [1.807, 2.05) is 12.1 Å². The number of halogens is 1. The number of anilines is 2. The second-order valence-corrected chi connectivity index (χ2v) is 4.81. The molecule has 0 spiro atoms. The third-order valence-corrected chi connectivity index (χ3v) is 3.44. The largest absolute Gasteiger partial charge is 0.397 e. The molecule has 0 radical (unpaired) electrons. The molecule has 0 saturated heterocycles. The Morgan fingerprint density at radius 1 is 1.19 bits per heavy atom. The number of carbonyl (C=O) groups is 1. The summed E-state index contributed by atoms with van der Waals surface area (Å²) >= 11 is 0. The van der Waals surface area contributed by atoms with Crippen LogP contribution in [-0.4, -0.2) is 17.9 Å². The normalized spacial score (nSPS) is 10.8. The lowest BCUT2D eigenvalue weighted by Crippen LogP contribution is -2.27. The summed E-state index contributed by atoms with van der Waals surface area (Å²) in [6.07, 6.45) is 0. The van der Waals surface area contributed by atoms with Gasteiger partial charge in [0.2, 0.25) is 0 Å². The third-order valence-electron chi connectivity index (χ3n) is 3.44. The Morgan fingerprint density at radius 3 is 2.67 bits per heavy atom. The van der Waals surface area contributed by atoms with Gasteiger partial charge in [-0.05, 0) is 24.3 Å². The number of para-hydroxylation sites is 2. The number of nitrogens with two attached hydrogens (primary N) is 1. The minimum atomic E-state index is -0.441. The standard InChI is InChI=1S/C16H14FN3O/c1-20(14-8-3-2-6-11(14)17)16(21)13-9-10-5-4-7-12(18)15(10)19-13/h2-9,19H,18H2,1H3. The summed E-state index contributed by atoms with van der Waals surface area (Å²) in [4.78, 5) is 16.7. The molecule has 0 atom stereocenters. The van der Waals surface area contributed by atoms with Gasteiger partial charge >= 0.3 is 0 Å². The monoisotopic (exact) mass is 283 g/mol. The number of aromatic amines is 1. The van der Waals surface area contributed by atoms with Crippen LogP contribution in [0.15, 0.2) is 48.5 Å². The molecule has 3 rings (SSSR count). The summed E-state index contributed by atoms with van der Waals surface area (Å²) in [5.41, 5.74) is 7.75. The van der Waals surface area contributed by atoms with Crippen molar-refractivity contribution in [2.45, 2.75) is 0 Å². The number of carbonyl (C=O) groups excluding carboxylic acids is 1. The second kappa shape index (κ2) is 4.94. The Labute approximate surface area is 121 Å². The number of nitrogens with zero attached hydrogens (tertiary/aromatic N) is 1. The molecule has 0 fully saturated rings. The van der Waals surface area contributed by atoms with Crippen molar-refractivity contribution in [3.05, 3.63) is 60.0 Å². The fraction of sp³-hybridized carbons (Fsp3) is 0.0625. The van der Waals surface area contributed by atoms with Gasteiger partial charge in [-0.25, -0.2) is 4.39 Å². The van der Waals surface area contributed by atoms with E-state index in [1.165, 1.54) is 18.0 Å². The Morgan fingerprint density at radius 2 is 1.95 bits per heavy atom. The molecule has 1 aromatic heterocycles. The Bertz CT molecular complexity index is 825. The van der Waals surface area contributed by atoms with Crippen LogP contribution in [0.4, 0.5) is 15.8 Å². The molecule has 4 nitrogen and oxygen atoms in total. The molecule has 0 unspecified atom stereocenters. The summed E-state index contributed by atoms with van der Waals surface area (Å²) < 4.78 is 13.8. The van der Waals surface area contributed by atoms with E-state index in [0.717, 1.165) is 5.39 Å². The molecule has 0 bridgehead atoms. The highest BCUT2D eigenvalue weighted by Crippen LogP contribution is 2.24. The molecule has 0 saturated carbocycles. The number of hydrogen-bond donors (Lipinski definition) is 2. The zero-order valence-corrected chi connectivity index (χ0v) is 11.4. The SMILES string of the molecule is CN(C(=O)c1cc2cccc(N)c2[nH]1)c1ccccc1F. The number of nitrogens with one attached hydrogen (secondary N) is 1. The van der Waals surface area contributed by atoms with Crippen LogP contribution in [0, 0.1) is 5.82 Å². The van der Waals surface area contributed by atoms with Crippen LogP contribution < -0.4 is 10.6 Å². The third kappa shape index (κ3) is 2.23. The quantitative estimate of drug-likeness (QED) is 0.710. The van der Waals surface area contributed by atoms with Gasteiger partial charge in [-0.3, -0.25) is 4.79 Å². The molecule has 3 N–H and O–H groups in total. The van der Waals surface area contributed by atoms with Crippen molar-refractivity contribution in [1.82, 2.24) is 4.98 Å². The molecule has 0 aliphatic heterocycles. The minimum Gasteiger partial charge on any atom is -0.397 e. The van der Waals surface area contributed by atoms with Crippen LogP contribution >= 0.6 is 0 Å². The highest BCUT2D eigenvalue weighted by atomic mass is 19.1. The van der Waals surface area contributed by atoms with Gasteiger partial charge in [-0.15, -0.1) is 0 Å². The lowest BCUT2D eigenvalue weighted by atomic mass is 10.2. The Hall–Kier alpha value is -2.82. The first-order valence-corrected chi connectivity index (χ1v) is 6.47. The van der Waals surface area contributed by atoms with Crippen LogP contribution in [0.25, 0.3) is 10.9 Å². The van der Waals surface area contributed by atoms with E-state index < -0.39 is 5.82 Å². The van der Waals surface area contributed by atoms with Crippen molar-refractivity contribution >= 4 is 28.2 Å². The van der Waals surface area contributed by atoms with Crippen molar-refractivity contribution in [2.24, 2.45) is 0 Å². The number of aromatic nitrogens is 1. The second-order valence-electron chi connectivity index (χ2n) is 4.81. The lowest BCUT2D eigenvalue weighted by Gasteiger charge is -2.16. The molecule has 106 valence electrons. The number of benzene rings is 2. The van der Waals surface area contributed by atoms with Crippen LogP contribution in [0.3, 0.4) is 0 Å². The number of nitrogen functional groups attached to an aromatic ring is 1. The van der Waals surface area contributed by atoms with Gasteiger partial charge in [0.1, 0.15) is 11.5 Å². The molecule has 2 aromatic carbocycles. The van der Waals surface area contributed by atoms with Crippen LogP contribution in [0.5, 0.6) is 0 Å². The number of amides is 1. The summed E-state index contributed by atoms with van der Waals surface area (Å²) in [6, 6.07) is 13.3. The maximum absolute atomic E-state index is 13.8. The molecule has 1 amide bonds. The predicted molar refractivity (Wildman–Crippen MR) is 81.8 cm³/mol. The molecule has 21 heavy (non-hydrogen) atoms. The lowest BCUT2D eigenvalue weighted by molar-refractivity contribution is 0.0988. The van der Waals surface area contributed by atoms with E-state index >= 15 is 0 Å². The number of H-pyrrole nitrogens is 1. The van der Waals surface area contributed by atoms with Gasteiger partial charge in [-0.1, -0.05) is 24.3 Å². The van der Waals surface area contributed by atoms with Crippen LogP contribution in [0.2, 0.25) is 0 Å². The van der Waals surface area contributed by atoms with E-state index in [1.54, 1.807) is 30.3 Å². The van der Waals surface area contributed by atoms with Gasteiger partial charge in [0.25, 0.3) is 5.91 Å². The smallest absolute Gasteiger partial charge is 0.274 e. The predicted octanol–water partition coefficient (Wildman–Crippen LogP) is 3.17. The molecular formula is C16H14FN3O. The Kier molecular flexibility index (Phi) is 3.10. The number of hydrogen-bond acceptors (Lipinski definition) is 2. The topological polar surface area (TPSA) is 62.1 Å². The fourth-order valence-corrected chi connectivity index (χ4v) is 2.31. The first-order chi connectivity index (χ1) is 10.1. The first-order valence-electron chi connectivity index (χ1n) is 6.47. The molecule has 0 aliphatic carbocycles. The summed E-state index contributed by atoms with van der Waals surface area (Å²) in [5, 5.41) is 0.847. The van der Waals surface area contributed by atoms with Gasteiger partial charge in [0, 0.05) is 12.4 Å². The minimum absolute atomic E-state index is 0.231. The maximum Gasteiger partial charge on any atom is 0.274 e. The Balaban J connectivity index is 2.00. The zero-order chi connectivity index (χ0) is 15.0. The number of fused-ring (bicyclic) bond motifs is 1. The highest BCUT2D eigenvalue weighted by molar-refractivity contribution is 6.08. The summed E-state index contributed by atoms with van der Waals surface area (Å²) in [6.45, 7) is 0. The van der Waals surface area contributed by atoms with Crippen molar-refractivity contribution < 1.29 is 9.18 Å². The van der Waals surface area contributed by atoms with Crippen molar-refractivity contribution in [3.8, 4) is 0 Å². The van der Waals surface area contributed by atoms with Gasteiger partial charge in [0.15, 0.2) is 0 Å². The fourth-order valence-electron chi connectivity index (χ4n) is 2.31. The van der Waals surface area contributed by atoms with Gasteiger partial charge < -0.3 is 15.6 Å². The zero-order valence-electron chi connectivity index (χ0n) is 11.4. The van der Waals surface area contributed by atoms with E-state index in [4.69, 9.17) is 5.73 Å². The maximum atomic E-state index is 13.8. The van der Waals surface area contributed by atoms with Crippen LogP contribution in [0.1, 0.15) is 10.5 Å². The van der Waals surface area contributed by atoms with Crippen LogP contribution in [-0.2, 0) is 0 Å². The van der Waals surface area contributed by atoms with Crippen molar-refractivity contribution in [1.29, 1.82) is 0 Å².